The molecule has 11 heteroatoms. The van der Waals surface area contributed by atoms with Gasteiger partial charge in [-0.05, 0) is 13.3 Å². The summed E-state index contributed by atoms with van der Waals surface area (Å²) >= 11 is 1.80. The Kier molecular flexibility index (Phi) is 16.3. The van der Waals surface area contributed by atoms with E-state index in [1.807, 2.05) is 6.92 Å². The highest BCUT2D eigenvalue weighted by atomic mass is 127. The number of sulfonamides is 1. The van der Waals surface area contributed by atoms with E-state index in [0.717, 1.165) is 24.5 Å². The van der Waals surface area contributed by atoms with Crippen LogP contribution in [-0.4, -0.2) is 95.6 Å². The number of rotatable bonds is 12. The average Bonchev–Trinajstić information content (AvgIpc) is 2.61. The second-order valence-corrected chi connectivity index (χ2v) is 8.79. The van der Waals surface area contributed by atoms with Crippen LogP contribution in [0.25, 0.3) is 0 Å². The van der Waals surface area contributed by atoms with Crippen molar-refractivity contribution in [1.29, 1.82) is 0 Å². The van der Waals surface area contributed by atoms with Crippen molar-refractivity contribution >= 4 is 51.7 Å². The van der Waals surface area contributed by atoms with E-state index in [2.05, 4.69) is 15.6 Å². The number of nitrogens with one attached hydrogen (secondary N) is 2. The highest BCUT2D eigenvalue weighted by Crippen LogP contribution is 2.12. The van der Waals surface area contributed by atoms with E-state index < -0.39 is 10.0 Å². The zero-order chi connectivity index (χ0) is 18.4. The minimum absolute atomic E-state index is 0. The fourth-order valence-electron chi connectivity index (χ4n) is 2.20. The lowest BCUT2D eigenvalue weighted by molar-refractivity contribution is 0.0702. The van der Waals surface area contributed by atoms with Crippen LogP contribution in [0.15, 0.2) is 4.99 Å². The number of guanidine groups is 1. The molecule has 26 heavy (non-hydrogen) atoms. The molecule has 8 nitrogen and oxygen atoms in total. The molecule has 0 unspecified atom stereocenters. The predicted octanol–water partition coefficient (Wildman–Crippen LogP) is 0.591. The quantitative estimate of drug-likeness (QED) is 0.167. The molecule has 0 aliphatic carbocycles. The van der Waals surface area contributed by atoms with Crippen molar-refractivity contribution in [2.75, 3.05) is 76.9 Å². The van der Waals surface area contributed by atoms with E-state index in [1.165, 1.54) is 0 Å². The van der Waals surface area contributed by atoms with Crippen molar-refractivity contribution in [2.45, 2.75) is 13.3 Å². The molecule has 0 aromatic rings. The monoisotopic (exact) mass is 524 g/mol. The number of halogens is 1. The number of thioether (sulfide) groups is 1. The van der Waals surface area contributed by atoms with E-state index >= 15 is 0 Å². The maximum absolute atomic E-state index is 12.3. The Hall–Kier alpha value is 0.180. The lowest BCUT2D eigenvalue weighted by Crippen LogP contribution is -2.44. The van der Waals surface area contributed by atoms with Crippen LogP contribution in [0.1, 0.15) is 13.3 Å². The van der Waals surface area contributed by atoms with Crippen molar-refractivity contribution in [2.24, 2.45) is 4.99 Å². The number of aliphatic imine (C=N–C) groups is 1. The third-order valence-electron chi connectivity index (χ3n) is 3.51. The molecule has 0 aromatic carbocycles. The molecule has 1 fully saturated rings. The first-order chi connectivity index (χ1) is 12.1. The van der Waals surface area contributed by atoms with E-state index in [4.69, 9.17) is 9.47 Å². The molecule has 1 aliphatic heterocycles. The normalized spacial score (nSPS) is 16.2. The van der Waals surface area contributed by atoms with E-state index in [0.29, 0.717) is 52.0 Å². The molecule has 2 N–H and O–H groups in total. The zero-order valence-electron chi connectivity index (χ0n) is 15.7. The van der Waals surface area contributed by atoms with Gasteiger partial charge >= 0.3 is 0 Å². The molecule has 0 atom stereocenters. The Balaban J connectivity index is 0.00000625. The van der Waals surface area contributed by atoms with E-state index in [9.17, 15) is 8.42 Å². The zero-order valence-corrected chi connectivity index (χ0v) is 19.7. The Morgan fingerprint density at radius 2 is 1.92 bits per heavy atom. The number of methoxy groups -OCH3 is 1. The Morgan fingerprint density at radius 1 is 1.19 bits per heavy atom. The summed E-state index contributed by atoms with van der Waals surface area (Å²) in [6.07, 6.45) is 0.810. The highest BCUT2D eigenvalue weighted by Gasteiger charge is 2.23. The second-order valence-electron chi connectivity index (χ2n) is 5.47. The maximum Gasteiger partial charge on any atom is 0.215 e. The van der Waals surface area contributed by atoms with Crippen LogP contribution in [0.2, 0.25) is 0 Å². The minimum Gasteiger partial charge on any atom is -0.382 e. The van der Waals surface area contributed by atoms with Gasteiger partial charge in [0.2, 0.25) is 10.0 Å². The van der Waals surface area contributed by atoms with Crippen LogP contribution in [0.5, 0.6) is 0 Å². The van der Waals surface area contributed by atoms with Gasteiger partial charge in [0.25, 0.3) is 0 Å². The van der Waals surface area contributed by atoms with E-state index in [1.54, 1.807) is 23.2 Å². The molecule has 0 amide bonds. The summed E-state index contributed by atoms with van der Waals surface area (Å²) in [6.45, 7) is 6.73. The van der Waals surface area contributed by atoms with Crippen molar-refractivity contribution in [3.05, 3.63) is 0 Å². The van der Waals surface area contributed by atoms with Gasteiger partial charge in [0.05, 0.1) is 19.0 Å². The van der Waals surface area contributed by atoms with E-state index in [-0.39, 0.29) is 29.7 Å². The second kappa shape index (κ2) is 16.2. The van der Waals surface area contributed by atoms with Crippen molar-refractivity contribution in [3.8, 4) is 0 Å². The molecule has 156 valence electrons. The fourth-order valence-corrected chi connectivity index (χ4v) is 4.69. The summed E-state index contributed by atoms with van der Waals surface area (Å²) in [5, 5.41) is 6.22. The molecule has 0 radical (unpaired) electrons. The summed E-state index contributed by atoms with van der Waals surface area (Å²) < 4.78 is 36.5. The summed E-state index contributed by atoms with van der Waals surface area (Å²) in [5.74, 6) is 2.48. The molecule has 1 aliphatic rings. The number of nitrogens with zero attached hydrogens (tertiary/aromatic N) is 2. The van der Waals surface area contributed by atoms with Crippen LogP contribution in [0.3, 0.4) is 0 Å². The van der Waals surface area contributed by atoms with Gasteiger partial charge < -0.3 is 20.1 Å². The summed E-state index contributed by atoms with van der Waals surface area (Å²) in [4.78, 5) is 4.43. The van der Waals surface area contributed by atoms with Gasteiger partial charge in [-0.1, -0.05) is 0 Å². The molecule has 0 aromatic heterocycles. The first kappa shape index (κ1) is 26.2. The van der Waals surface area contributed by atoms with Gasteiger partial charge in [-0.2, -0.15) is 11.8 Å². The molecule has 1 heterocycles. The molecule has 0 saturated carbocycles. The van der Waals surface area contributed by atoms with Gasteiger partial charge in [0.1, 0.15) is 0 Å². The fraction of sp³-hybridized carbons (Fsp3) is 0.933. The standard InChI is InChI=1S/C15H32N4O4S2.HI/c1-3-16-15(17-5-4-9-23-11-10-22-2)18-6-14-25(20,21)19-7-12-24-13-8-19;/h3-14H2,1-2H3,(H2,16,17,18);1H. The minimum atomic E-state index is -3.19. The Labute approximate surface area is 179 Å². The lowest BCUT2D eigenvalue weighted by Gasteiger charge is -2.25. The van der Waals surface area contributed by atoms with Gasteiger partial charge in [0, 0.05) is 57.9 Å². The average molecular weight is 524 g/mol. The maximum atomic E-state index is 12.3. The lowest BCUT2D eigenvalue weighted by atomic mass is 10.4. The van der Waals surface area contributed by atoms with Crippen LogP contribution >= 0.6 is 35.7 Å². The number of ether oxygens (including phenoxy) is 2. The number of hydrogen-bond acceptors (Lipinski definition) is 6. The molecule has 0 bridgehead atoms. The van der Waals surface area contributed by atoms with Gasteiger partial charge in [-0.15, -0.1) is 24.0 Å². The number of hydrogen-bond donors (Lipinski definition) is 2. The largest absolute Gasteiger partial charge is 0.382 e. The Morgan fingerprint density at radius 3 is 2.58 bits per heavy atom. The molecular weight excluding hydrogens is 491 g/mol. The summed E-state index contributed by atoms with van der Waals surface area (Å²) in [5.41, 5.74) is 0. The van der Waals surface area contributed by atoms with Gasteiger partial charge in [-0.25, -0.2) is 12.7 Å². The van der Waals surface area contributed by atoms with Gasteiger partial charge in [0.15, 0.2) is 5.96 Å². The molecule has 1 rings (SSSR count). The van der Waals surface area contributed by atoms with Crippen LogP contribution in [-0.2, 0) is 19.5 Å². The predicted molar refractivity (Wildman–Crippen MR) is 119 cm³/mol. The summed E-state index contributed by atoms with van der Waals surface area (Å²) in [7, 11) is -1.54. The molecule has 0 spiro atoms. The van der Waals surface area contributed by atoms with Gasteiger partial charge in [-0.3, -0.25) is 4.99 Å². The first-order valence-electron chi connectivity index (χ1n) is 8.74. The first-order valence-corrected chi connectivity index (χ1v) is 11.5. The van der Waals surface area contributed by atoms with Crippen molar-refractivity contribution < 1.29 is 17.9 Å². The third kappa shape index (κ3) is 11.8. The van der Waals surface area contributed by atoms with Crippen molar-refractivity contribution in [3.63, 3.8) is 0 Å². The smallest absolute Gasteiger partial charge is 0.215 e. The third-order valence-corrected chi connectivity index (χ3v) is 6.32. The molecular formula is C15H33IN4O4S2. The van der Waals surface area contributed by atoms with Crippen molar-refractivity contribution in [1.82, 2.24) is 14.9 Å². The van der Waals surface area contributed by atoms with Crippen LogP contribution in [0, 0.1) is 0 Å². The molecule has 1 saturated heterocycles. The highest BCUT2D eigenvalue weighted by molar-refractivity contribution is 14.0. The SMILES string of the molecule is CCNC(=NCCCOCCOC)NCCS(=O)(=O)N1CCSCC1.I. The van der Waals surface area contributed by atoms with Crippen LogP contribution in [0.4, 0.5) is 0 Å². The Bertz CT molecular complexity index is 474. The van der Waals surface area contributed by atoms with Crippen LogP contribution < -0.4 is 10.6 Å². The topological polar surface area (TPSA) is 92.3 Å². The summed E-state index contributed by atoms with van der Waals surface area (Å²) in [6, 6.07) is 0.